The minimum absolute atomic E-state index is 0.158. The summed E-state index contributed by atoms with van der Waals surface area (Å²) in [6.45, 7) is 1.81. The number of amidine groups is 1. The van der Waals surface area contributed by atoms with Gasteiger partial charge >= 0.3 is 5.24 Å². The van der Waals surface area contributed by atoms with Crippen LogP contribution in [-0.4, -0.2) is 61.0 Å². The molecule has 0 aromatic carbocycles. The molecule has 0 bridgehead atoms. The zero-order chi connectivity index (χ0) is 13.0. The first-order valence-corrected chi connectivity index (χ1v) is 6.21. The molecule has 0 spiro atoms. The first-order chi connectivity index (χ1) is 8.01. The monoisotopic (exact) mass is 259 g/mol. The van der Waals surface area contributed by atoms with Crippen molar-refractivity contribution in [2.45, 2.75) is 19.1 Å². The number of hydrogen-bond acceptors (Lipinski definition) is 5. The maximum Gasteiger partial charge on any atom is 0.306 e. The number of ether oxygens (including phenoxy) is 1. The van der Waals surface area contributed by atoms with Crippen molar-refractivity contribution in [3.63, 3.8) is 0 Å². The van der Waals surface area contributed by atoms with Crippen LogP contribution in [0.15, 0.2) is 4.99 Å². The predicted molar refractivity (Wildman–Crippen MR) is 67.4 cm³/mol. The van der Waals surface area contributed by atoms with E-state index in [0.29, 0.717) is 11.6 Å². The van der Waals surface area contributed by atoms with Crippen molar-refractivity contribution in [1.82, 2.24) is 10.2 Å². The van der Waals surface area contributed by atoms with E-state index in [9.17, 15) is 9.59 Å². The Morgan fingerprint density at radius 2 is 2.29 bits per heavy atom. The van der Waals surface area contributed by atoms with E-state index >= 15 is 0 Å². The number of rotatable bonds is 4. The molecule has 0 aromatic heterocycles. The summed E-state index contributed by atoms with van der Waals surface area (Å²) in [6.07, 6.45) is -0.289. The molecule has 2 amide bonds. The molecular formula is C10H17N3O3S. The molecule has 1 aliphatic heterocycles. The molecule has 0 saturated heterocycles. The summed E-state index contributed by atoms with van der Waals surface area (Å²) in [4.78, 5) is 28.5. The van der Waals surface area contributed by atoms with E-state index in [1.54, 1.807) is 33.0 Å². The number of aliphatic imine (C=N–C) groups is 1. The van der Waals surface area contributed by atoms with Crippen LogP contribution in [0.2, 0.25) is 0 Å². The van der Waals surface area contributed by atoms with Crippen molar-refractivity contribution in [2.75, 3.05) is 27.0 Å². The molecule has 0 aliphatic carbocycles. The van der Waals surface area contributed by atoms with Crippen LogP contribution in [0.4, 0.5) is 4.79 Å². The molecule has 0 aromatic rings. The van der Waals surface area contributed by atoms with Gasteiger partial charge in [0.25, 0.3) is 0 Å². The van der Waals surface area contributed by atoms with Gasteiger partial charge in [-0.15, -0.1) is 0 Å². The Hall–Kier alpha value is -1.08. The maximum atomic E-state index is 11.8. The lowest BCUT2D eigenvalue weighted by Crippen LogP contribution is -2.53. The summed E-state index contributed by atoms with van der Waals surface area (Å²) in [5, 5.41) is 2.37. The Bertz CT molecular complexity index is 346. The Morgan fingerprint density at radius 1 is 1.65 bits per heavy atom. The third-order valence-corrected chi connectivity index (χ3v) is 3.44. The van der Waals surface area contributed by atoms with Gasteiger partial charge in [-0.25, -0.2) is 0 Å². The zero-order valence-electron chi connectivity index (χ0n) is 10.4. The summed E-state index contributed by atoms with van der Waals surface area (Å²) < 4.78 is 5.19. The Morgan fingerprint density at radius 3 is 2.71 bits per heavy atom. The first kappa shape index (κ1) is 14.0. The Balaban J connectivity index is 2.86. The number of amides is 2. The highest BCUT2D eigenvalue weighted by molar-refractivity contribution is 8.14. The van der Waals surface area contributed by atoms with Gasteiger partial charge in [0.15, 0.2) is 0 Å². The highest BCUT2D eigenvalue weighted by Gasteiger charge is 2.32. The van der Waals surface area contributed by atoms with Gasteiger partial charge in [0.2, 0.25) is 5.91 Å². The number of methoxy groups -OCH3 is 1. The lowest BCUT2D eigenvalue weighted by atomic mass is 10.1. The molecule has 1 N–H and O–H groups in total. The summed E-state index contributed by atoms with van der Waals surface area (Å²) in [7, 11) is 4.86. The second-order valence-electron chi connectivity index (χ2n) is 3.69. The molecule has 1 rings (SSSR count). The maximum absolute atomic E-state index is 11.8. The fourth-order valence-corrected chi connectivity index (χ4v) is 2.31. The van der Waals surface area contributed by atoms with Crippen LogP contribution >= 0.6 is 11.8 Å². The first-order valence-electron chi connectivity index (χ1n) is 5.22. The van der Waals surface area contributed by atoms with Gasteiger partial charge in [0.05, 0.1) is 11.9 Å². The molecular weight excluding hydrogens is 242 g/mol. The summed E-state index contributed by atoms with van der Waals surface area (Å²) in [6, 6.07) is -0.491. The van der Waals surface area contributed by atoms with Crippen LogP contribution in [0.25, 0.3) is 0 Å². The third kappa shape index (κ3) is 3.19. The van der Waals surface area contributed by atoms with Crippen LogP contribution in [0.3, 0.4) is 0 Å². The van der Waals surface area contributed by atoms with E-state index in [4.69, 9.17) is 4.74 Å². The van der Waals surface area contributed by atoms with Crippen molar-refractivity contribution in [2.24, 2.45) is 4.99 Å². The van der Waals surface area contributed by atoms with E-state index in [2.05, 4.69) is 10.3 Å². The lowest BCUT2D eigenvalue weighted by molar-refractivity contribution is -0.128. The molecule has 96 valence electrons. The third-order valence-electron chi connectivity index (χ3n) is 2.70. The number of hydrogen-bond donors (Lipinski definition) is 1. The van der Waals surface area contributed by atoms with E-state index in [-0.39, 0.29) is 17.3 Å². The molecule has 1 heterocycles. The van der Waals surface area contributed by atoms with Crippen LogP contribution in [0.5, 0.6) is 0 Å². The number of likely N-dealkylation sites (N-methyl/N-ethyl adjacent to an activating group) is 2. The zero-order valence-corrected chi connectivity index (χ0v) is 11.2. The second kappa shape index (κ2) is 6.02. The molecule has 7 heteroatoms. The minimum Gasteiger partial charge on any atom is -0.379 e. The standard InChI is InChI=1S/C10H17N3O3S/c1-6(16-4)8(9(14)11-2)13(3)7-5-17-10(15)12-7/h6,8H,5H2,1-4H3,(H,11,14)/t6-,8+/m1/s1. The summed E-state index contributed by atoms with van der Waals surface area (Å²) in [5.41, 5.74) is 0. The molecule has 0 saturated carbocycles. The van der Waals surface area contributed by atoms with Crippen molar-refractivity contribution in [1.29, 1.82) is 0 Å². The molecule has 0 fully saturated rings. The molecule has 6 nitrogen and oxygen atoms in total. The van der Waals surface area contributed by atoms with Crippen molar-refractivity contribution >= 4 is 28.7 Å². The van der Waals surface area contributed by atoms with Crippen molar-refractivity contribution in [3.05, 3.63) is 0 Å². The molecule has 0 radical (unpaired) electrons. The number of nitrogens with one attached hydrogen (secondary N) is 1. The fourth-order valence-electron chi connectivity index (χ4n) is 1.62. The highest BCUT2D eigenvalue weighted by atomic mass is 32.2. The average molecular weight is 259 g/mol. The average Bonchev–Trinajstić information content (AvgIpc) is 2.75. The fraction of sp³-hybridized carbons (Fsp3) is 0.700. The van der Waals surface area contributed by atoms with E-state index in [1.165, 1.54) is 0 Å². The van der Waals surface area contributed by atoms with Gasteiger partial charge in [-0.1, -0.05) is 11.8 Å². The number of nitrogens with zero attached hydrogens (tertiary/aromatic N) is 2. The van der Waals surface area contributed by atoms with Crippen LogP contribution in [0.1, 0.15) is 6.92 Å². The van der Waals surface area contributed by atoms with E-state index < -0.39 is 6.04 Å². The number of carbonyl (C=O) groups excluding carboxylic acids is 2. The largest absolute Gasteiger partial charge is 0.379 e. The van der Waals surface area contributed by atoms with Gasteiger partial charge in [0, 0.05) is 21.2 Å². The van der Waals surface area contributed by atoms with Gasteiger partial charge in [-0.3, -0.25) is 9.59 Å². The predicted octanol–water partition coefficient (Wildman–Crippen LogP) is 0.333. The van der Waals surface area contributed by atoms with Crippen molar-refractivity contribution in [3.8, 4) is 0 Å². The molecule has 2 atom stereocenters. The Kier molecular flexibility index (Phi) is 4.95. The number of carbonyl (C=O) groups is 2. The SMILES string of the molecule is CNC(=O)[C@H]([C@@H](C)OC)N(C)C1=NC(=O)SC1. The number of thioether (sulfide) groups is 1. The van der Waals surface area contributed by atoms with Crippen molar-refractivity contribution < 1.29 is 14.3 Å². The topological polar surface area (TPSA) is 71.0 Å². The smallest absolute Gasteiger partial charge is 0.306 e. The van der Waals surface area contributed by atoms with Gasteiger partial charge in [0.1, 0.15) is 11.9 Å². The molecule has 17 heavy (non-hydrogen) atoms. The summed E-state index contributed by atoms with van der Waals surface area (Å²) >= 11 is 1.13. The molecule has 0 unspecified atom stereocenters. The van der Waals surface area contributed by atoms with E-state index in [1.807, 2.05) is 0 Å². The van der Waals surface area contributed by atoms with Gasteiger partial charge < -0.3 is 15.0 Å². The summed E-state index contributed by atoms with van der Waals surface area (Å²) in [5.74, 6) is 0.950. The van der Waals surface area contributed by atoms with E-state index in [0.717, 1.165) is 11.8 Å². The van der Waals surface area contributed by atoms with Gasteiger partial charge in [-0.2, -0.15) is 4.99 Å². The lowest BCUT2D eigenvalue weighted by Gasteiger charge is -2.31. The van der Waals surface area contributed by atoms with Crippen LogP contribution in [0, 0.1) is 0 Å². The molecule has 1 aliphatic rings. The van der Waals surface area contributed by atoms with Crippen LogP contribution in [-0.2, 0) is 9.53 Å². The quantitative estimate of drug-likeness (QED) is 0.788. The Labute approximate surface area is 105 Å². The normalized spacial score (nSPS) is 18.6. The second-order valence-corrected chi connectivity index (χ2v) is 4.62. The van der Waals surface area contributed by atoms with Crippen LogP contribution < -0.4 is 5.32 Å². The highest BCUT2D eigenvalue weighted by Crippen LogP contribution is 2.18. The van der Waals surface area contributed by atoms with Gasteiger partial charge in [-0.05, 0) is 6.92 Å². The minimum atomic E-state index is -0.491.